The molecule has 0 unspecified atom stereocenters. The summed E-state index contributed by atoms with van der Waals surface area (Å²) in [4.78, 5) is 4.12. The molecule has 0 radical (unpaired) electrons. The summed E-state index contributed by atoms with van der Waals surface area (Å²) in [5, 5.41) is 3.24. The molecule has 0 aliphatic carbocycles. The summed E-state index contributed by atoms with van der Waals surface area (Å²) >= 11 is 0. The van der Waals surface area contributed by atoms with Gasteiger partial charge in [-0.1, -0.05) is 6.07 Å². The van der Waals surface area contributed by atoms with E-state index in [1.54, 1.807) is 6.20 Å². The number of pyridine rings is 1. The van der Waals surface area contributed by atoms with Crippen molar-refractivity contribution in [2.24, 2.45) is 0 Å². The quantitative estimate of drug-likeness (QED) is 0.656. The van der Waals surface area contributed by atoms with Crippen LogP contribution in [0.2, 0.25) is 0 Å². The van der Waals surface area contributed by atoms with E-state index in [9.17, 15) is 0 Å². The van der Waals surface area contributed by atoms with E-state index in [0.717, 1.165) is 24.5 Å². The Hall–Kier alpha value is -0.800. The SMILES string of the molecule is Cl.c1cnc2c(c1)CNCCO2. The van der Waals surface area contributed by atoms with Crippen molar-refractivity contribution in [1.82, 2.24) is 10.3 Å². The van der Waals surface area contributed by atoms with Gasteiger partial charge in [-0.05, 0) is 6.07 Å². The zero-order valence-electron chi connectivity index (χ0n) is 6.62. The number of hydrogen-bond acceptors (Lipinski definition) is 3. The predicted octanol–water partition coefficient (Wildman–Crippen LogP) is 0.985. The van der Waals surface area contributed by atoms with Crippen LogP contribution in [-0.2, 0) is 6.54 Å². The first-order chi connectivity index (χ1) is 5.47. The van der Waals surface area contributed by atoms with Gasteiger partial charge >= 0.3 is 0 Å². The van der Waals surface area contributed by atoms with Crippen LogP contribution in [0.3, 0.4) is 0 Å². The highest BCUT2D eigenvalue weighted by Crippen LogP contribution is 2.14. The second kappa shape index (κ2) is 4.28. The second-order valence-corrected chi connectivity index (χ2v) is 2.49. The molecule has 0 atom stereocenters. The van der Waals surface area contributed by atoms with Gasteiger partial charge in [0.25, 0.3) is 0 Å². The van der Waals surface area contributed by atoms with Crippen molar-refractivity contribution in [3.8, 4) is 5.88 Å². The first-order valence-electron chi connectivity index (χ1n) is 3.74. The van der Waals surface area contributed by atoms with Gasteiger partial charge in [0.15, 0.2) is 0 Å². The molecule has 66 valence electrons. The summed E-state index contributed by atoms with van der Waals surface area (Å²) in [5.74, 6) is 0.775. The van der Waals surface area contributed by atoms with Crippen LogP contribution in [0.5, 0.6) is 5.88 Å². The van der Waals surface area contributed by atoms with Gasteiger partial charge in [0, 0.05) is 24.8 Å². The Bertz CT molecular complexity index is 230. The highest BCUT2D eigenvalue weighted by molar-refractivity contribution is 5.85. The number of ether oxygens (including phenoxy) is 1. The normalized spacial score (nSPS) is 15.0. The average molecular weight is 187 g/mol. The van der Waals surface area contributed by atoms with Gasteiger partial charge in [0.1, 0.15) is 6.61 Å². The molecular weight excluding hydrogens is 176 g/mol. The van der Waals surface area contributed by atoms with E-state index in [4.69, 9.17) is 4.74 Å². The first kappa shape index (κ1) is 9.29. The Morgan fingerprint density at radius 2 is 2.42 bits per heavy atom. The first-order valence-corrected chi connectivity index (χ1v) is 3.74. The molecule has 0 spiro atoms. The lowest BCUT2D eigenvalue weighted by Crippen LogP contribution is -2.16. The molecule has 1 aliphatic heterocycles. The minimum atomic E-state index is 0. The smallest absolute Gasteiger partial charge is 0.217 e. The zero-order valence-corrected chi connectivity index (χ0v) is 7.43. The van der Waals surface area contributed by atoms with Gasteiger partial charge in [0.05, 0.1) is 0 Å². The molecule has 1 aromatic rings. The maximum atomic E-state index is 5.37. The van der Waals surface area contributed by atoms with Crippen LogP contribution in [0.4, 0.5) is 0 Å². The Labute approximate surface area is 77.6 Å². The lowest BCUT2D eigenvalue weighted by molar-refractivity contribution is 0.314. The van der Waals surface area contributed by atoms with E-state index in [2.05, 4.69) is 10.3 Å². The molecule has 2 rings (SSSR count). The van der Waals surface area contributed by atoms with Crippen LogP contribution in [0, 0.1) is 0 Å². The molecule has 1 aromatic heterocycles. The number of aromatic nitrogens is 1. The van der Waals surface area contributed by atoms with Crippen molar-refractivity contribution in [3.63, 3.8) is 0 Å². The molecule has 0 aromatic carbocycles. The van der Waals surface area contributed by atoms with Crippen molar-refractivity contribution in [2.75, 3.05) is 13.2 Å². The van der Waals surface area contributed by atoms with Crippen molar-refractivity contribution in [3.05, 3.63) is 23.9 Å². The summed E-state index contributed by atoms with van der Waals surface area (Å²) in [6, 6.07) is 3.95. The third kappa shape index (κ3) is 1.87. The molecule has 2 heterocycles. The van der Waals surface area contributed by atoms with Crippen molar-refractivity contribution < 1.29 is 4.74 Å². The molecule has 0 bridgehead atoms. The number of nitrogens with zero attached hydrogens (tertiary/aromatic N) is 1. The Morgan fingerprint density at radius 1 is 1.50 bits per heavy atom. The second-order valence-electron chi connectivity index (χ2n) is 2.49. The van der Waals surface area contributed by atoms with Crippen LogP contribution < -0.4 is 10.1 Å². The standard InChI is InChI=1S/C8H10N2O.ClH/c1-2-7-6-9-4-5-11-8(7)10-3-1;/h1-3,9H,4-6H2;1H. The fourth-order valence-corrected chi connectivity index (χ4v) is 1.13. The van der Waals surface area contributed by atoms with Crippen LogP contribution in [0.1, 0.15) is 5.56 Å². The topological polar surface area (TPSA) is 34.2 Å². The van der Waals surface area contributed by atoms with Crippen LogP contribution in [-0.4, -0.2) is 18.1 Å². The highest BCUT2D eigenvalue weighted by atomic mass is 35.5. The van der Waals surface area contributed by atoms with Gasteiger partial charge in [0.2, 0.25) is 5.88 Å². The molecule has 0 fully saturated rings. The largest absolute Gasteiger partial charge is 0.476 e. The van der Waals surface area contributed by atoms with E-state index in [0.29, 0.717) is 6.61 Å². The molecule has 0 saturated carbocycles. The Morgan fingerprint density at radius 3 is 3.33 bits per heavy atom. The van der Waals surface area contributed by atoms with Gasteiger partial charge < -0.3 is 10.1 Å². The summed E-state index contributed by atoms with van der Waals surface area (Å²) in [6.07, 6.45) is 1.75. The highest BCUT2D eigenvalue weighted by Gasteiger charge is 2.06. The summed E-state index contributed by atoms with van der Waals surface area (Å²) in [7, 11) is 0. The molecule has 0 saturated heterocycles. The Kier molecular flexibility index (Phi) is 3.31. The molecule has 1 aliphatic rings. The van der Waals surface area contributed by atoms with Crippen LogP contribution in [0.15, 0.2) is 18.3 Å². The minimum Gasteiger partial charge on any atom is -0.476 e. The number of nitrogens with one attached hydrogen (secondary N) is 1. The third-order valence-electron chi connectivity index (χ3n) is 1.68. The fraction of sp³-hybridized carbons (Fsp3) is 0.375. The van der Waals surface area contributed by atoms with Gasteiger partial charge in [-0.15, -0.1) is 12.4 Å². The van der Waals surface area contributed by atoms with E-state index in [1.807, 2.05) is 12.1 Å². The van der Waals surface area contributed by atoms with Crippen LogP contribution >= 0.6 is 12.4 Å². The van der Waals surface area contributed by atoms with Crippen molar-refractivity contribution >= 4 is 12.4 Å². The van der Waals surface area contributed by atoms with Crippen molar-refractivity contribution in [1.29, 1.82) is 0 Å². The molecule has 3 nitrogen and oxygen atoms in total. The average Bonchev–Trinajstić information content (AvgIpc) is 2.28. The van der Waals surface area contributed by atoms with E-state index in [1.165, 1.54) is 0 Å². The molecule has 1 N–H and O–H groups in total. The molecular formula is C8H11ClN2O. The number of rotatable bonds is 0. The third-order valence-corrected chi connectivity index (χ3v) is 1.68. The van der Waals surface area contributed by atoms with Gasteiger partial charge in [-0.3, -0.25) is 0 Å². The van der Waals surface area contributed by atoms with E-state index < -0.39 is 0 Å². The maximum Gasteiger partial charge on any atom is 0.217 e. The molecule has 0 amide bonds. The summed E-state index contributed by atoms with van der Waals surface area (Å²) < 4.78 is 5.37. The summed E-state index contributed by atoms with van der Waals surface area (Å²) in [6.45, 7) is 2.48. The molecule has 12 heavy (non-hydrogen) atoms. The fourth-order valence-electron chi connectivity index (χ4n) is 1.13. The Balaban J connectivity index is 0.000000720. The number of hydrogen-bond donors (Lipinski definition) is 1. The van der Waals surface area contributed by atoms with Gasteiger partial charge in [-0.25, -0.2) is 4.98 Å². The van der Waals surface area contributed by atoms with Crippen molar-refractivity contribution in [2.45, 2.75) is 6.54 Å². The lowest BCUT2D eigenvalue weighted by atomic mass is 10.3. The number of fused-ring (bicyclic) bond motifs is 1. The maximum absolute atomic E-state index is 5.37. The van der Waals surface area contributed by atoms with Crippen LogP contribution in [0.25, 0.3) is 0 Å². The minimum absolute atomic E-state index is 0. The zero-order chi connectivity index (χ0) is 7.52. The lowest BCUT2D eigenvalue weighted by Gasteiger charge is -2.02. The number of halogens is 1. The summed E-state index contributed by atoms with van der Waals surface area (Å²) in [5.41, 5.74) is 1.14. The van der Waals surface area contributed by atoms with E-state index >= 15 is 0 Å². The monoisotopic (exact) mass is 186 g/mol. The molecule has 4 heteroatoms. The predicted molar refractivity (Wildman–Crippen MR) is 48.7 cm³/mol. The van der Waals surface area contributed by atoms with Gasteiger partial charge in [-0.2, -0.15) is 0 Å². The van der Waals surface area contributed by atoms with E-state index in [-0.39, 0.29) is 12.4 Å².